The number of nitrogens with two attached hydrogens (primary N) is 1. The molecule has 0 fully saturated rings. The Morgan fingerprint density at radius 1 is 1.38 bits per heavy atom. The molecule has 0 atom stereocenters. The van der Waals surface area contributed by atoms with Crippen LogP contribution >= 0.6 is 15.9 Å². The normalized spacial score (nSPS) is 10.5. The molecule has 1 heterocycles. The molecule has 1 aromatic heterocycles. The van der Waals surface area contributed by atoms with Gasteiger partial charge in [0.05, 0.1) is 5.39 Å². The first kappa shape index (κ1) is 8.31. The van der Waals surface area contributed by atoms with Crippen LogP contribution in [0.15, 0.2) is 38.1 Å². The number of hydrogen-bond donors (Lipinski definition) is 1. The van der Waals surface area contributed by atoms with Gasteiger partial charge in [0.15, 0.2) is 0 Å². The quantitative estimate of drug-likeness (QED) is 0.767. The minimum atomic E-state index is -0.192. The van der Waals surface area contributed by atoms with E-state index in [-0.39, 0.29) is 11.1 Å². The summed E-state index contributed by atoms with van der Waals surface area (Å²) in [6.07, 6.45) is 1.26. The molecule has 0 saturated carbocycles. The maximum atomic E-state index is 11.5. The van der Waals surface area contributed by atoms with Gasteiger partial charge in [-0.3, -0.25) is 4.79 Å². The van der Waals surface area contributed by atoms with Crippen LogP contribution in [0.5, 0.6) is 0 Å². The molecule has 2 rings (SSSR count). The van der Waals surface area contributed by atoms with Crippen LogP contribution < -0.4 is 11.2 Å². The van der Waals surface area contributed by atoms with Crippen molar-refractivity contribution in [3.8, 4) is 0 Å². The molecule has 0 amide bonds. The average molecular weight is 240 g/mol. The van der Waals surface area contributed by atoms with Crippen molar-refractivity contribution in [3.05, 3.63) is 39.2 Å². The van der Waals surface area contributed by atoms with E-state index in [1.54, 1.807) is 12.1 Å². The maximum Gasteiger partial charge on any atom is 0.215 e. The first-order chi connectivity index (χ1) is 6.18. The average Bonchev–Trinajstić information content (AvgIpc) is 2.12. The molecule has 4 heteroatoms. The highest BCUT2D eigenvalue weighted by Crippen LogP contribution is 2.17. The lowest BCUT2D eigenvalue weighted by molar-refractivity contribution is 0.605. The number of benzene rings is 1. The van der Waals surface area contributed by atoms with Crippen molar-refractivity contribution in [1.82, 2.24) is 0 Å². The molecule has 0 saturated heterocycles. The molecule has 0 spiro atoms. The summed E-state index contributed by atoms with van der Waals surface area (Å²) >= 11 is 3.27. The minimum Gasteiger partial charge on any atom is -0.462 e. The van der Waals surface area contributed by atoms with Crippen LogP contribution in [0.2, 0.25) is 0 Å². The van der Waals surface area contributed by atoms with Gasteiger partial charge >= 0.3 is 0 Å². The van der Waals surface area contributed by atoms with Crippen LogP contribution in [0, 0.1) is 0 Å². The van der Waals surface area contributed by atoms with Crippen LogP contribution in [0.25, 0.3) is 11.0 Å². The number of nitrogen functional groups attached to an aromatic ring is 1. The van der Waals surface area contributed by atoms with Gasteiger partial charge in [-0.05, 0) is 18.2 Å². The number of anilines is 1. The molecule has 2 N–H and O–H groups in total. The number of hydrogen-bond acceptors (Lipinski definition) is 3. The molecule has 13 heavy (non-hydrogen) atoms. The zero-order valence-corrected chi connectivity index (χ0v) is 8.17. The van der Waals surface area contributed by atoms with Crippen LogP contribution in [0.1, 0.15) is 0 Å². The Labute approximate surface area is 82.3 Å². The van der Waals surface area contributed by atoms with Crippen molar-refractivity contribution in [2.45, 2.75) is 0 Å². The third-order valence-corrected chi connectivity index (χ3v) is 2.25. The lowest BCUT2D eigenvalue weighted by atomic mass is 10.2. The van der Waals surface area contributed by atoms with Crippen LogP contribution in [0.4, 0.5) is 5.69 Å². The van der Waals surface area contributed by atoms with Crippen molar-refractivity contribution in [3.63, 3.8) is 0 Å². The van der Waals surface area contributed by atoms with Crippen molar-refractivity contribution in [1.29, 1.82) is 0 Å². The van der Waals surface area contributed by atoms with E-state index in [1.165, 1.54) is 6.26 Å². The van der Waals surface area contributed by atoms with E-state index < -0.39 is 0 Å². The fraction of sp³-hybridized carbons (Fsp3) is 0. The predicted molar refractivity (Wildman–Crippen MR) is 54.6 cm³/mol. The monoisotopic (exact) mass is 239 g/mol. The molecule has 2 aromatic rings. The number of fused-ring (bicyclic) bond motifs is 1. The van der Waals surface area contributed by atoms with Gasteiger partial charge in [0.2, 0.25) is 5.43 Å². The Bertz CT molecular complexity index is 513. The predicted octanol–water partition coefficient (Wildman–Crippen LogP) is 2.14. The number of rotatable bonds is 0. The van der Waals surface area contributed by atoms with Gasteiger partial charge in [-0.15, -0.1) is 0 Å². The van der Waals surface area contributed by atoms with Gasteiger partial charge in [0, 0.05) is 4.47 Å². The lowest BCUT2D eigenvalue weighted by Crippen LogP contribution is -2.07. The number of halogens is 1. The van der Waals surface area contributed by atoms with Crippen molar-refractivity contribution < 1.29 is 4.42 Å². The molecule has 1 aromatic carbocycles. The van der Waals surface area contributed by atoms with Gasteiger partial charge in [-0.25, -0.2) is 0 Å². The van der Waals surface area contributed by atoms with Gasteiger partial charge < -0.3 is 10.2 Å². The third kappa shape index (κ3) is 1.33. The van der Waals surface area contributed by atoms with E-state index in [0.29, 0.717) is 11.0 Å². The molecular formula is C9H6BrNO2. The highest BCUT2D eigenvalue weighted by molar-refractivity contribution is 9.10. The van der Waals surface area contributed by atoms with E-state index in [9.17, 15) is 4.79 Å². The second-order valence-corrected chi connectivity index (χ2v) is 3.58. The fourth-order valence-corrected chi connectivity index (χ4v) is 1.48. The minimum absolute atomic E-state index is 0.130. The molecule has 0 aliphatic heterocycles. The molecule has 0 bridgehead atoms. The second kappa shape index (κ2) is 2.88. The van der Waals surface area contributed by atoms with Crippen molar-refractivity contribution in [2.75, 3.05) is 5.73 Å². The summed E-state index contributed by atoms with van der Waals surface area (Å²) in [6, 6.07) is 5.22. The van der Waals surface area contributed by atoms with Gasteiger partial charge in [-0.2, -0.15) is 0 Å². The third-order valence-electron chi connectivity index (χ3n) is 1.76. The van der Waals surface area contributed by atoms with E-state index in [4.69, 9.17) is 10.2 Å². The van der Waals surface area contributed by atoms with Crippen molar-refractivity contribution >= 4 is 32.6 Å². The maximum absolute atomic E-state index is 11.5. The zero-order valence-electron chi connectivity index (χ0n) is 6.58. The first-order valence-corrected chi connectivity index (χ1v) is 4.44. The highest BCUT2D eigenvalue weighted by Gasteiger charge is 2.03. The standard InChI is InChI=1S/C9H6BrNO2/c10-5-1-2-8-6(3-5)9(12)7(11)4-13-8/h1-4H,11H2. The summed E-state index contributed by atoms with van der Waals surface area (Å²) in [7, 11) is 0. The Balaban J connectivity index is 2.97. The van der Waals surface area contributed by atoms with E-state index in [2.05, 4.69) is 15.9 Å². The zero-order chi connectivity index (χ0) is 9.42. The molecule has 0 unspecified atom stereocenters. The molecule has 0 radical (unpaired) electrons. The molecule has 0 aliphatic carbocycles. The van der Waals surface area contributed by atoms with Gasteiger partial charge in [-0.1, -0.05) is 15.9 Å². The van der Waals surface area contributed by atoms with Gasteiger partial charge in [0.25, 0.3) is 0 Å². The molecule has 66 valence electrons. The summed E-state index contributed by atoms with van der Waals surface area (Å²) in [6.45, 7) is 0. The molecular weight excluding hydrogens is 234 g/mol. The second-order valence-electron chi connectivity index (χ2n) is 2.66. The topological polar surface area (TPSA) is 56.2 Å². The van der Waals surface area contributed by atoms with E-state index in [1.807, 2.05) is 6.07 Å². The summed E-state index contributed by atoms with van der Waals surface area (Å²) in [5.41, 5.74) is 5.90. The van der Waals surface area contributed by atoms with Crippen LogP contribution in [-0.4, -0.2) is 0 Å². The van der Waals surface area contributed by atoms with E-state index in [0.717, 1.165) is 4.47 Å². The SMILES string of the molecule is Nc1coc2ccc(Br)cc2c1=O. The van der Waals surface area contributed by atoms with E-state index >= 15 is 0 Å². The Kier molecular flexibility index (Phi) is 1.84. The largest absolute Gasteiger partial charge is 0.462 e. The van der Waals surface area contributed by atoms with Crippen LogP contribution in [0.3, 0.4) is 0 Å². The van der Waals surface area contributed by atoms with Gasteiger partial charge in [0.1, 0.15) is 17.5 Å². The summed E-state index contributed by atoms with van der Waals surface area (Å²) in [5, 5.41) is 0.495. The molecule has 3 nitrogen and oxygen atoms in total. The summed E-state index contributed by atoms with van der Waals surface area (Å²) in [4.78, 5) is 11.5. The lowest BCUT2D eigenvalue weighted by Gasteiger charge is -1.97. The smallest absolute Gasteiger partial charge is 0.215 e. The summed E-state index contributed by atoms with van der Waals surface area (Å²) in [5.74, 6) is 0. The Morgan fingerprint density at radius 2 is 2.15 bits per heavy atom. The molecule has 0 aliphatic rings. The highest BCUT2D eigenvalue weighted by atomic mass is 79.9. The first-order valence-electron chi connectivity index (χ1n) is 3.65. The Morgan fingerprint density at radius 3 is 2.92 bits per heavy atom. The Hall–Kier alpha value is -1.29. The van der Waals surface area contributed by atoms with Crippen LogP contribution in [-0.2, 0) is 0 Å². The fourth-order valence-electron chi connectivity index (χ4n) is 1.12. The van der Waals surface area contributed by atoms with Crippen molar-refractivity contribution in [2.24, 2.45) is 0 Å². The summed E-state index contributed by atoms with van der Waals surface area (Å²) < 4.78 is 5.96.